The maximum absolute atomic E-state index is 12.0. The Bertz CT molecular complexity index is 630. The second-order valence-electron chi connectivity index (χ2n) is 4.32. The van der Waals surface area contributed by atoms with Crippen molar-refractivity contribution in [3.63, 3.8) is 0 Å². The molecule has 0 radical (unpaired) electrons. The number of ether oxygens (including phenoxy) is 1. The van der Waals surface area contributed by atoms with Gasteiger partial charge in [-0.1, -0.05) is 6.07 Å². The molecule has 21 heavy (non-hydrogen) atoms. The van der Waals surface area contributed by atoms with Crippen molar-refractivity contribution in [1.82, 2.24) is 10.3 Å². The SMILES string of the molecule is COc1ccc(CNC(=O)c2csc(CCN)n2)cc1Br. The Morgan fingerprint density at radius 3 is 3.00 bits per heavy atom. The molecule has 3 N–H and O–H groups in total. The van der Waals surface area contributed by atoms with Gasteiger partial charge in [-0.2, -0.15) is 0 Å². The number of nitrogens with two attached hydrogens (primary N) is 1. The van der Waals surface area contributed by atoms with Crippen LogP contribution in [0.15, 0.2) is 28.1 Å². The van der Waals surface area contributed by atoms with Crippen molar-refractivity contribution in [2.75, 3.05) is 13.7 Å². The standard InChI is InChI=1S/C14H16BrN3O2S/c1-20-12-3-2-9(6-10(12)15)7-17-14(19)11-8-21-13(18-11)4-5-16/h2-3,6,8H,4-5,7,16H2,1H3,(H,17,19). The average Bonchev–Trinajstić information content (AvgIpc) is 2.94. The summed E-state index contributed by atoms with van der Waals surface area (Å²) in [7, 11) is 1.61. The molecule has 0 bridgehead atoms. The molecule has 0 spiro atoms. The third kappa shape index (κ3) is 4.26. The Kier molecular flexibility index (Phi) is 5.72. The molecule has 0 fully saturated rings. The molecule has 0 aliphatic carbocycles. The highest BCUT2D eigenvalue weighted by atomic mass is 79.9. The Labute approximate surface area is 135 Å². The number of halogens is 1. The molecule has 0 aliphatic rings. The van der Waals surface area contributed by atoms with Crippen molar-refractivity contribution < 1.29 is 9.53 Å². The molecule has 0 unspecified atom stereocenters. The predicted octanol–water partition coefficient (Wildman–Crippen LogP) is 2.35. The minimum atomic E-state index is -0.179. The van der Waals surface area contributed by atoms with E-state index < -0.39 is 0 Å². The summed E-state index contributed by atoms with van der Waals surface area (Å²) in [5.41, 5.74) is 6.89. The number of thiazole rings is 1. The van der Waals surface area contributed by atoms with E-state index in [0.717, 1.165) is 20.8 Å². The van der Waals surface area contributed by atoms with Crippen LogP contribution >= 0.6 is 27.3 Å². The van der Waals surface area contributed by atoms with Crippen LogP contribution in [0.25, 0.3) is 0 Å². The molecule has 1 heterocycles. The first kappa shape index (κ1) is 15.9. The lowest BCUT2D eigenvalue weighted by Gasteiger charge is -2.07. The number of nitrogens with zero attached hydrogens (tertiary/aromatic N) is 1. The zero-order valence-electron chi connectivity index (χ0n) is 11.6. The van der Waals surface area contributed by atoms with Gasteiger partial charge < -0.3 is 15.8 Å². The molecule has 112 valence electrons. The van der Waals surface area contributed by atoms with Crippen molar-refractivity contribution in [3.05, 3.63) is 44.3 Å². The number of amides is 1. The summed E-state index contributed by atoms with van der Waals surface area (Å²) in [4.78, 5) is 16.3. The number of aromatic nitrogens is 1. The van der Waals surface area contributed by atoms with Crippen LogP contribution in [-0.4, -0.2) is 24.5 Å². The van der Waals surface area contributed by atoms with E-state index in [2.05, 4.69) is 26.2 Å². The number of methoxy groups -OCH3 is 1. The molecule has 1 amide bonds. The highest BCUT2D eigenvalue weighted by molar-refractivity contribution is 9.10. The van der Waals surface area contributed by atoms with Crippen molar-refractivity contribution in [2.45, 2.75) is 13.0 Å². The van der Waals surface area contributed by atoms with Crippen molar-refractivity contribution >= 4 is 33.2 Å². The lowest BCUT2D eigenvalue weighted by Crippen LogP contribution is -2.23. The van der Waals surface area contributed by atoms with Crippen LogP contribution < -0.4 is 15.8 Å². The molecule has 1 aromatic heterocycles. The van der Waals surface area contributed by atoms with Gasteiger partial charge in [0.25, 0.3) is 5.91 Å². The van der Waals surface area contributed by atoms with Crippen molar-refractivity contribution in [3.8, 4) is 5.75 Å². The van der Waals surface area contributed by atoms with E-state index in [1.807, 2.05) is 18.2 Å². The van der Waals surface area contributed by atoms with E-state index in [1.165, 1.54) is 11.3 Å². The van der Waals surface area contributed by atoms with E-state index in [4.69, 9.17) is 10.5 Å². The number of hydrogen-bond acceptors (Lipinski definition) is 5. The fourth-order valence-electron chi connectivity index (χ4n) is 1.75. The van der Waals surface area contributed by atoms with E-state index in [1.54, 1.807) is 12.5 Å². The Hall–Kier alpha value is -1.44. The quantitative estimate of drug-likeness (QED) is 0.818. The first-order chi connectivity index (χ1) is 10.1. The molecular formula is C14H16BrN3O2S. The first-order valence-corrected chi connectivity index (χ1v) is 8.06. The van der Waals surface area contributed by atoms with E-state index >= 15 is 0 Å². The Morgan fingerprint density at radius 1 is 1.52 bits per heavy atom. The van der Waals surface area contributed by atoms with Gasteiger partial charge in [0.2, 0.25) is 0 Å². The summed E-state index contributed by atoms with van der Waals surface area (Å²) in [6, 6.07) is 5.68. The monoisotopic (exact) mass is 369 g/mol. The zero-order valence-corrected chi connectivity index (χ0v) is 14.0. The third-order valence-electron chi connectivity index (χ3n) is 2.81. The lowest BCUT2D eigenvalue weighted by atomic mass is 10.2. The molecule has 0 saturated carbocycles. The number of carbonyl (C=O) groups is 1. The average molecular weight is 370 g/mol. The maximum atomic E-state index is 12.0. The van der Waals surface area contributed by atoms with Gasteiger partial charge in [-0.15, -0.1) is 11.3 Å². The minimum absolute atomic E-state index is 0.179. The maximum Gasteiger partial charge on any atom is 0.271 e. The van der Waals surface area contributed by atoms with Gasteiger partial charge in [0.15, 0.2) is 0 Å². The second-order valence-corrected chi connectivity index (χ2v) is 6.11. The van der Waals surface area contributed by atoms with Crippen LogP contribution in [-0.2, 0) is 13.0 Å². The molecule has 5 nitrogen and oxygen atoms in total. The van der Waals surface area contributed by atoms with Gasteiger partial charge in [0.1, 0.15) is 11.4 Å². The lowest BCUT2D eigenvalue weighted by molar-refractivity contribution is 0.0946. The van der Waals surface area contributed by atoms with Gasteiger partial charge in [0, 0.05) is 18.3 Å². The summed E-state index contributed by atoms with van der Waals surface area (Å²) in [5.74, 6) is 0.581. The number of rotatable bonds is 6. The largest absolute Gasteiger partial charge is 0.496 e. The summed E-state index contributed by atoms with van der Waals surface area (Å²) in [5, 5.41) is 5.49. The number of benzene rings is 1. The van der Waals surface area contributed by atoms with Gasteiger partial charge in [-0.3, -0.25) is 4.79 Å². The molecule has 2 rings (SSSR count). The van der Waals surface area contributed by atoms with Gasteiger partial charge in [0.05, 0.1) is 16.6 Å². The van der Waals surface area contributed by atoms with Crippen LogP contribution in [0.2, 0.25) is 0 Å². The second kappa shape index (κ2) is 7.53. The number of carbonyl (C=O) groups excluding carboxylic acids is 1. The predicted molar refractivity (Wildman–Crippen MR) is 86.7 cm³/mol. The Morgan fingerprint density at radius 2 is 2.33 bits per heavy atom. The van der Waals surface area contributed by atoms with Crippen molar-refractivity contribution in [1.29, 1.82) is 0 Å². The van der Waals surface area contributed by atoms with Crippen LogP contribution in [0.4, 0.5) is 0 Å². The minimum Gasteiger partial charge on any atom is -0.496 e. The number of hydrogen-bond donors (Lipinski definition) is 2. The fraction of sp³-hybridized carbons (Fsp3) is 0.286. The third-order valence-corrected chi connectivity index (χ3v) is 4.34. The molecule has 1 aromatic carbocycles. The summed E-state index contributed by atoms with van der Waals surface area (Å²) < 4.78 is 6.02. The topological polar surface area (TPSA) is 77.2 Å². The summed E-state index contributed by atoms with van der Waals surface area (Å²) in [6.45, 7) is 0.972. The fourth-order valence-corrected chi connectivity index (χ4v) is 3.13. The van der Waals surface area contributed by atoms with E-state index in [0.29, 0.717) is 25.2 Å². The van der Waals surface area contributed by atoms with Crippen molar-refractivity contribution in [2.24, 2.45) is 5.73 Å². The van der Waals surface area contributed by atoms with Crippen LogP contribution in [0, 0.1) is 0 Å². The molecular weight excluding hydrogens is 354 g/mol. The van der Waals surface area contributed by atoms with E-state index in [9.17, 15) is 4.79 Å². The summed E-state index contributed by atoms with van der Waals surface area (Å²) >= 11 is 4.88. The van der Waals surface area contributed by atoms with Gasteiger partial charge >= 0.3 is 0 Å². The normalized spacial score (nSPS) is 10.4. The van der Waals surface area contributed by atoms with Crippen LogP contribution in [0.1, 0.15) is 21.1 Å². The molecule has 7 heteroatoms. The molecule has 0 aliphatic heterocycles. The van der Waals surface area contributed by atoms with Gasteiger partial charge in [-0.25, -0.2) is 4.98 Å². The first-order valence-electron chi connectivity index (χ1n) is 6.39. The molecule has 0 saturated heterocycles. The molecule has 2 aromatic rings. The zero-order chi connectivity index (χ0) is 15.2. The highest BCUT2D eigenvalue weighted by Gasteiger charge is 2.10. The highest BCUT2D eigenvalue weighted by Crippen LogP contribution is 2.25. The Balaban J connectivity index is 1.95. The summed E-state index contributed by atoms with van der Waals surface area (Å²) in [6.07, 6.45) is 0.698. The van der Waals surface area contributed by atoms with E-state index in [-0.39, 0.29) is 5.91 Å². The smallest absolute Gasteiger partial charge is 0.271 e. The van der Waals surface area contributed by atoms with Crippen LogP contribution in [0.3, 0.4) is 0 Å². The van der Waals surface area contributed by atoms with Gasteiger partial charge in [-0.05, 0) is 40.2 Å². The van der Waals surface area contributed by atoms with Crippen LogP contribution in [0.5, 0.6) is 5.75 Å². The molecule has 0 atom stereocenters. The number of nitrogens with one attached hydrogen (secondary N) is 1.